The fraction of sp³-hybridized carbons (Fsp3) is 0.611. The van der Waals surface area contributed by atoms with Crippen LogP contribution in [0, 0.1) is 5.41 Å². The van der Waals surface area contributed by atoms with Crippen molar-refractivity contribution in [2.75, 3.05) is 40.0 Å². The lowest BCUT2D eigenvalue weighted by atomic mass is 9.84. The van der Waals surface area contributed by atoms with Crippen LogP contribution in [0.5, 0.6) is 5.75 Å². The molecule has 6 nitrogen and oxygen atoms in total. The maximum Gasteiger partial charge on any atom is 0.191 e. The second kappa shape index (κ2) is 11.8. The van der Waals surface area contributed by atoms with Crippen LogP contribution >= 0.6 is 35.6 Å². The van der Waals surface area contributed by atoms with Crippen molar-refractivity contribution < 1.29 is 14.6 Å². The van der Waals surface area contributed by atoms with Crippen LogP contribution in [-0.4, -0.2) is 51.1 Å². The molecule has 0 aromatic heterocycles. The summed E-state index contributed by atoms with van der Waals surface area (Å²) in [6.07, 6.45) is 1.68. The summed E-state index contributed by atoms with van der Waals surface area (Å²) in [6, 6.07) is 5.55. The van der Waals surface area contributed by atoms with E-state index in [0.29, 0.717) is 18.2 Å². The van der Waals surface area contributed by atoms with Gasteiger partial charge in [0.15, 0.2) is 5.96 Å². The Bertz CT molecular complexity index is 581. The Balaban J connectivity index is 0.00000338. The van der Waals surface area contributed by atoms with Gasteiger partial charge in [-0.1, -0.05) is 17.7 Å². The molecule has 0 saturated carbocycles. The van der Waals surface area contributed by atoms with Gasteiger partial charge < -0.3 is 25.2 Å². The molecule has 1 aromatic carbocycles. The van der Waals surface area contributed by atoms with Crippen LogP contribution in [0.25, 0.3) is 0 Å². The van der Waals surface area contributed by atoms with E-state index in [0.717, 1.165) is 49.8 Å². The zero-order valence-electron chi connectivity index (χ0n) is 15.4. The molecule has 3 N–H and O–H groups in total. The minimum Gasteiger partial charge on any atom is -0.496 e. The molecule has 1 fully saturated rings. The molecular formula is C18H29ClIN3O3. The number of rotatable bonds is 8. The van der Waals surface area contributed by atoms with E-state index in [-0.39, 0.29) is 36.0 Å². The maximum atomic E-state index is 9.34. The Morgan fingerprint density at radius 1 is 1.42 bits per heavy atom. The fourth-order valence-corrected chi connectivity index (χ4v) is 3.10. The lowest BCUT2D eigenvalue weighted by Gasteiger charge is -2.27. The molecule has 8 heteroatoms. The van der Waals surface area contributed by atoms with Gasteiger partial charge in [0.25, 0.3) is 0 Å². The first kappa shape index (κ1) is 23.3. The van der Waals surface area contributed by atoms with Crippen LogP contribution in [0.15, 0.2) is 23.2 Å². The van der Waals surface area contributed by atoms with Gasteiger partial charge in [-0.25, -0.2) is 4.99 Å². The van der Waals surface area contributed by atoms with Crippen molar-refractivity contribution in [3.8, 4) is 5.75 Å². The van der Waals surface area contributed by atoms with E-state index in [4.69, 9.17) is 21.1 Å². The average Bonchev–Trinajstić information content (AvgIpc) is 3.07. The minimum absolute atomic E-state index is 0. The van der Waals surface area contributed by atoms with Crippen molar-refractivity contribution in [3.63, 3.8) is 0 Å². The maximum absolute atomic E-state index is 9.34. The van der Waals surface area contributed by atoms with Gasteiger partial charge in [0.05, 0.1) is 20.3 Å². The van der Waals surface area contributed by atoms with Crippen LogP contribution in [0.4, 0.5) is 0 Å². The molecule has 1 aliphatic heterocycles. The summed E-state index contributed by atoms with van der Waals surface area (Å²) in [6.45, 7) is 5.59. The van der Waals surface area contributed by atoms with Gasteiger partial charge in [0, 0.05) is 42.3 Å². The summed E-state index contributed by atoms with van der Waals surface area (Å²) in [4.78, 5) is 4.64. The number of halogens is 2. The van der Waals surface area contributed by atoms with Crippen molar-refractivity contribution in [2.45, 2.75) is 26.3 Å². The summed E-state index contributed by atoms with van der Waals surface area (Å²) in [5, 5.41) is 16.6. The fourth-order valence-electron chi connectivity index (χ4n) is 2.94. The molecule has 0 spiro atoms. The average molecular weight is 498 g/mol. The number of aliphatic hydroxyl groups is 1. The normalized spacial score (nSPS) is 19.8. The second-order valence-corrected chi connectivity index (χ2v) is 6.72. The van der Waals surface area contributed by atoms with E-state index >= 15 is 0 Å². The number of nitrogens with one attached hydrogen (secondary N) is 2. The molecule has 1 aliphatic rings. The Kier molecular flexibility index (Phi) is 10.6. The predicted molar refractivity (Wildman–Crippen MR) is 116 cm³/mol. The zero-order chi connectivity index (χ0) is 18.1. The van der Waals surface area contributed by atoms with Gasteiger partial charge in [-0.2, -0.15) is 0 Å². The van der Waals surface area contributed by atoms with Crippen molar-refractivity contribution in [1.29, 1.82) is 0 Å². The summed E-state index contributed by atoms with van der Waals surface area (Å²) in [5.41, 5.74) is 0.946. The largest absolute Gasteiger partial charge is 0.496 e. The number of hydrogen-bond acceptors (Lipinski definition) is 4. The molecule has 0 radical (unpaired) electrons. The van der Waals surface area contributed by atoms with Gasteiger partial charge >= 0.3 is 0 Å². The third-order valence-corrected chi connectivity index (χ3v) is 4.69. The number of aliphatic hydroxyl groups excluding tert-OH is 1. The number of benzene rings is 1. The van der Waals surface area contributed by atoms with Crippen molar-refractivity contribution in [2.24, 2.45) is 10.4 Å². The number of hydrogen-bond donors (Lipinski definition) is 3. The molecule has 1 heterocycles. The van der Waals surface area contributed by atoms with E-state index in [1.165, 1.54) is 0 Å². The predicted octanol–water partition coefficient (Wildman–Crippen LogP) is 2.81. The molecule has 0 amide bonds. The second-order valence-electron chi connectivity index (χ2n) is 6.28. The Morgan fingerprint density at radius 3 is 2.85 bits per heavy atom. The summed E-state index contributed by atoms with van der Waals surface area (Å²) in [5.74, 6) is 1.47. The Morgan fingerprint density at radius 2 is 2.23 bits per heavy atom. The van der Waals surface area contributed by atoms with Gasteiger partial charge in [-0.3, -0.25) is 0 Å². The highest BCUT2D eigenvalue weighted by Crippen LogP contribution is 2.31. The van der Waals surface area contributed by atoms with Crippen molar-refractivity contribution in [3.05, 3.63) is 28.8 Å². The zero-order valence-corrected chi connectivity index (χ0v) is 18.5. The first-order valence-corrected chi connectivity index (χ1v) is 9.03. The first-order chi connectivity index (χ1) is 12.1. The monoisotopic (exact) mass is 497 g/mol. The minimum atomic E-state index is -0.0249. The van der Waals surface area contributed by atoms with E-state index in [1.807, 2.05) is 19.1 Å². The molecule has 1 unspecified atom stereocenters. The molecular weight excluding hydrogens is 469 g/mol. The third kappa shape index (κ3) is 6.75. The van der Waals surface area contributed by atoms with Gasteiger partial charge in [-0.15, -0.1) is 24.0 Å². The molecule has 0 aliphatic carbocycles. The molecule has 148 valence electrons. The lowest BCUT2D eigenvalue weighted by molar-refractivity contribution is 0.127. The smallest absolute Gasteiger partial charge is 0.191 e. The number of ether oxygens (including phenoxy) is 2. The van der Waals surface area contributed by atoms with Crippen LogP contribution in [0.3, 0.4) is 0 Å². The van der Waals surface area contributed by atoms with Gasteiger partial charge in [0.2, 0.25) is 0 Å². The lowest BCUT2D eigenvalue weighted by Crippen LogP contribution is -2.44. The quantitative estimate of drug-likeness (QED) is 0.293. The molecule has 2 rings (SSSR count). The highest BCUT2D eigenvalue weighted by Gasteiger charge is 2.34. The molecule has 0 bridgehead atoms. The van der Waals surface area contributed by atoms with E-state index in [9.17, 15) is 5.11 Å². The topological polar surface area (TPSA) is 75.1 Å². The number of guanidine groups is 1. The van der Waals surface area contributed by atoms with Crippen LogP contribution in [0.1, 0.15) is 25.3 Å². The molecule has 1 saturated heterocycles. The number of aliphatic imine (C=N–C) groups is 1. The van der Waals surface area contributed by atoms with Gasteiger partial charge in [-0.05, 0) is 31.9 Å². The van der Waals surface area contributed by atoms with Gasteiger partial charge in [0.1, 0.15) is 5.75 Å². The highest BCUT2D eigenvalue weighted by atomic mass is 127. The summed E-state index contributed by atoms with van der Waals surface area (Å²) in [7, 11) is 1.63. The van der Waals surface area contributed by atoms with Crippen LogP contribution in [-0.2, 0) is 11.3 Å². The van der Waals surface area contributed by atoms with E-state index < -0.39 is 0 Å². The number of nitrogens with zero attached hydrogens (tertiary/aromatic N) is 1. The van der Waals surface area contributed by atoms with E-state index in [1.54, 1.807) is 13.2 Å². The van der Waals surface area contributed by atoms with Crippen molar-refractivity contribution >= 4 is 41.5 Å². The summed E-state index contributed by atoms with van der Waals surface area (Å²) >= 11 is 6.00. The SMILES string of the molecule is CCNC(=NCc1ccc(Cl)cc1OC)NCC1(CCO)CCOC1.I. The van der Waals surface area contributed by atoms with Crippen LogP contribution in [0.2, 0.25) is 5.02 Å². The molecule has 1 aromatic rings. The molecule has 26 heavy (non-hydrogen) atoms. The summed E-state index contributed by atoms with van der Waals surface area (Å²) < 4.78 is 10.9. The third-order valence-electron chi connectivity index (χ3n) is 4.46. The number of methoxy groups -OCH3 is 1. The molecule has 1 atom stereocenters. The first-order valence-electron chi connectivity index (χ1n) is 8.65. The van der Waals surface area contributed by atoms with Crippen LogP contribution < -0.4 is 15.4 Å². The van der Waals surface area contributed by atoms with Crippen molar-refractivity contribution in [1.82, 2.24) is 10.6 Å². The Labute approximate surface area is 177 Å². The highest BCUT2D eigenvalue weighted by molar-refractivity contribution is 14.0. The Hall–Kier alpha value is -0.770. The standard InChI is InChI=1S/C18H28ClN3O3.HI/c1-3-20-17(22-12-18(6-8-23)7-9-25-13-18)21-11-14-4-5-15(19)10-16(14)24-2;/h4-5,10,23H,3,6-9,11-13H2,1-2H3,(H2,20,21,22);1H. The van der Waals surface area contributed by atoms with E-state index in [2.05, 4.69) is 15.6 Å².